The van der Waals surface area contributed by atoms with Gasteiger partial charge in [0.15, 0.2) is 0 Å². The molecule has 2 saturated carbocycles. The lowest BCUT2D eigenvalue weighted by molar-refractivity contribution is 0.480. The smallest absolute Gasteiger partial charge is 0.0351 e. The molecule has 1 heteroatoms. The summed E-state index contributed by atoms with van der Waals surface area (Å²) in [6.07, 6.45) is 5.86. The van der Waals surface area contributed by atoms with Crippen molar-refractivity contribution in [3.05, 3.63) is 35.4 Å². The Morgan fingerprint density at radius 3 is 1.95 bits per heavy atom. The van der Waals surface area contributed by atoms with Gasteiger partial charge in [0.2, 0.25) is 0 Å². The van der Waals surface area contributed by atoms with E-state index in [-0.39, 0.29) is 0 Å². The number of fused-ring (bicyclic) bond motifs is 1. The van der Waals surface area contributed by atoms with E-state index in [0.29, 0.717) is 12.0 Å². The summed E-state index contributed by atoms with van der Waals surface area (Å²) in [5.74, 6) is 3.55. The highest BCUT2D eigenvalue weighted by Gasteiger charge is 2.53. The molecule has 0 saturated heterocycles. The minimum absolute atomic E-state index is 0.578. The first-order valence-corrected chi connectivity index (χ1v) is 7.99. The lowest BCUT2D eigenvalue weighted by atomic mass is 9.96. The zero-order chi connectivity index (χ0) is 13.4. The average molecular weight is 257 g/mol. The van der Waals surface area contributed by atoms with Crippen LogP contribution in [0.5, 0.6) is 0 Å². The fourth-order valence-corrected chi connectivity index (χ4v) is 4.21. The van der Waals surface area contributed by atoms with Crippen LogP contribution in [-0.4, -0.2) is 7.05 Å². The molecule has 1 aromatic carbocycles. The maximum absolute atomic E-state index is 3.59. The fourth-order valence-electron chi connectivity index (χ4n) is 4.21. The number of benzene rings is 1. The molecule has 0 heterocycles. The Morgan fingerprint density at radius 1 is 0.947 bits per heavy atom. The van der Waals surface area contributed by atoms with Crippen molar-refractivity contribution in [3.63, 3.8) is 0 Å². The molecule has 2 aliphatic rings. The highest BCUT2D eigenvalue weighted by atomic mass is 14.9. The molecule has 1 nitrogen and oxygen atoms in total. The summed E-state index contributed by atoms with van der Waals surface area (Å²) in [6, 6.07) is 9.91. The standard InChI is InChI=1S/C18H27N/c1-12(2)13-8-10-14(11-9-13)18(19-3)17-15-6-4-5-7-16(15)17/h8-12,15-19H,4-7H2,1-3H3. The van der Waals surface area contributed by atoms with Gasteiger partial charge in [-0.1, -0.05) is 51.0 Å². The van der Waals surface area contributed by atoms with E-state index in [1.807, 2.05) is 0 Å². The molecule has 2 fully saturated rings. The van der Waals surface area contributed by atoms with Crippen LogP contribution in [-0.2, 0) is 0 Å². The Balaban J connectivity index is 1.75. The van der Waals surface area contributed by atoms with Gasteiger partial charge in [-0.3, -0.25) is 0 Å². The van der Waals surface area contributed by atoms with Crippen LogP contribution in [0.2, 0.25) is 0 Å². The first-order valence-electron chi connectivity index (χ1n) is 7.99. The maximum atomic E-state index is 3.59. The van der Waals surface area contributed by atoms with E-state index in [4.69, 9.17) is 0 Å². The Kier molecular flexibility index (Phi) is 3.66. The summed E-state index contributed by atoms with van der Waals surface area (Å²) in [5, 5.41) is 3.59. The van der Waals surface area contributed by atoms with E-state index in [9.17, 15) is 0 Å². The van der Waals surface area contributed by atoms with Gasteiger partial charge in [-0.25, -0.2) is 0 Å². The van der Waals surface area contributed by atoms with Crippen molar-refractivity contribution in [1.29, 1.82) is 0 Å². The van der Waals surface area contributed by atoms with Crippen molar-refractivity contribution in [2.45, 2.75) is 51.5 Å². The topological polar surface area (TPSA) is 12.0 Å². The minimum atomic E-state index is 0.578. The zero-order valence-corrected chi connectivity index (χ0v) is 12.5. The number of hydrogen-bond acceptors (Lipinski definition) is 1. The third-order valence-electron chi connectivity index (χ3n) is 5.38. The van der Waals surface area contributed by atoms with E-state index in [0.717, 1.165) is 17.8 Å². The van der Waals surface area contributed by atoms with Gasteiger partial charge in [0.05, 0.1) is 0 Å². The third-order valence-corrected chi connectivity index (χ3v) is 5.38. The van der Waals surface area contributed by atoms with Crippen LogP contribution < -0.4 is 5.32 Å². The van der Waals surface area contributed by atoms with Crippen molar-refractivity contribution in [1.82, 2.24) is 5.32 Å². The van der Waals surface area contributed by atoms with E-state index in [1.165, 1.54) is 36.8 Å². The second-order valence-electron chi connectivity index (χ2n) is 6.78. The molecule has 3 rings (SSSR count). The molecule has 0 aliphatic heterocycles. The van der Waals surface area contributed by atoms with Crippen LogP contribution in [0.1, 0.15) is 62.6 Å². The summed E-state index contributed by atoms with van der Waals surface area (Å²) in [5.41, 5.74) is 2.94. The molecule has 1 N–H and O–H groups in total. The molecule has 3 unspecified atom stereocenters. The van der Waals surface area contributed by atoms with Gasteiger partial charge < -0.3 is 5.32 Å². The van der Waals surface area contributed by atoms with Crippen molar-refractivity contribution in [2.24, 2.45) is 17.8 Å². The highest BCUT2D eigenvalue weighted by molar-refractivity contribution is 5.29. The van der Waals surface area contributed by atoms with Crippen LogP contribution in [0.4, 0.5) is 0 Å². The molecule has 0 spiro atoms. The fraction of sp³-hybridized carbons (Fsp3) is 0.667. The Labute approximate surface area is 117 Å². The number of nitrogens with one attached hydrogen (secondary N) is 1. The second kappa shape index (κ2) is 5.28. The molecular formula is C18H27N. The van der Waals surface area contributed by atoms with Crippen molar-refractivity contribution < 1.29 is 0 Å². The molecule has 1 aromatic rings. The second-order valence-corrected chi connectivity index (χ2v) is 6.78. The van der Waals surface area contributed by atoms with E-state index in [2.05, 4.69) is 50.5 Å². The average Bonchev–Trinajstić information content (AvgIpc) is 3.15. The third kappa shape index (κ3) is 2.45. The number of rotatable bonds is 4. The van der Waals surface area contributed by atoms with Crippen LogP contribution in [0.15, 0.2) is 24.3 Å². The van der Waals surface area contributed by atoms with Gasteiger partial charge in [-0.15, -0.1) is 0 Å². The zero-order valence-electron chi connectivity index (χ0n) is 12.5. The molecule has 104 valence electrons. The summed E-state index contributed by atoms with van der Waals surface area (Å²) < 4.78 is 0. The van der Waals surface area contributed by atoms with Gasteiger partial charge in [0, 0.05) is 6.04 Å². The first-order chi connectivity index (χ1) is 9.22. The molecule has 0 amide bonds. The molecule has 19 heavy (non-hydrogen) atoms. The molecular weight excluding hydrogens is 230 g/mol. The Bertz CT molecular complexity index is 408. The molecule has 3 atom stereocenters. The molecule has 0 radical (unpaired) electrons. The lowest BCUT2D eigenvalue weighted by Gasteiger charge is -2.18. The molecule has 0 bridgehead atoms. The van der Waals surface area contributed by atoms with Crippen LogP contribution in [0.25, 0.3) is 0 Å². The van der Waals surface area contributed by atoms with Crippen LogP contribution >= 0.6 is 0 Å². The monoisotopic (exact) mass is 257 g/mol. The van der Waals surface area contributed by atoms with Crippen molar-refractivity contribution >= 4 is 0 Å². The van der Waals surface area contributed by atoms with Gasteiger partial charge in [-0.2, -0.15) is 0 Å². The largest absolute Gasteiger partial charge is 0.313 e. The van der Waals surface area contributed by atoms with Gasteiger partial charge in [-0.05, 0) is 54.7 Å². The quantitative estimate of drug-likeness (QED) is 0.837. The maximum Gasteiger partial charge on any atom is 0.0351 e. The van der Waals surface area contributed by atoms with Gasteiger partial charge in [0.25, 0.3) is 0 Å². The minimum Gasteiger partial charge on any atom is -0.313 e. The number of hydrogen-bond donors (Lipinski definition) is 1. The van der Waals surface area contributed by atoms with Gasteiger partial charge >= 0.3 is 0 Å². The van der Waals surface area contributed by atoms with E-state index < -0.39 is 0 Å². The van der Waals surface area contributed by atoms with Crippen molar-refractivity contribution in [3.8, 4) is 0 Å². The van der Waals surface area contributed by atoms with Crippen molar-refractivity contribution in [2.75, 3.05) is 7.05 Å². The normalized spacial score (nSPS) is 31.1. The summed E-state index contributed by atoms with van der Waals surface area (Å²) in [4.78, 5) is 0. The van der Waals surface area contributed by atoms with Crippen LogP contribution in [0.3, 0.4) is 0 Å². The molecule has 0 aromatic heterocycles. The Hall–Kier alpha value is -0.820. The predicted molar refractivity (Wildman–Crippen MR) is 81.3 cm³/mol. The Morgan fingerprint density at radius 2 is 1.47 bits per heavy atom. The SMILES string of the molecule is CNC(c1ccc(C(C)C)cc1)C1C2CCCCC21. The lowest BCUT2D eigenvalue weighted by Crippen LogP contribution is -2.19. The van der Waals surface area contributed by atoms with Crippen LogP contribution in [0, 0.1) is 17.8 Å². The molecule has 2 aliphatic carbocycles. The summed E-state index contributed by atoms with van der Waals surface area (Å²) >= 11 is 0. The van der Waals surface area contributed by atoms with E-state index in [1.54, 1.807) is 0 Å². The first kappa shape index (κ1) is 13.2. The van der Waals surface area contributed by atoms with Gasteiger partial charge in [0.1, 0.15) is 0 Å². The predicted octanol–water partition coefficient (Wildman–Crippen LogP) is 4.51. The summed E-state index contributed by atoms with van der Waals surface area (Å²) in [6.45, 7) is 4.53. The highest BCUT2D eigenvalue weighted by Crippen LogP contribution is 2.60. The summed E-state index contributed by atoms with van der Waals surface area (Å²) in [7, 11) is 2.13. The van der Waals surface area contributed by atoms with E-state index >= 15 is 0 Å².